The lowest BCUT2D eigenvalue weighted by molar-refractivity contribution is -0.153. The first kappa shape index (κ1) is 25.3. The predicted molar refractivity (Wildman–Crippen MR) is 135 cm³/mol. The normalized spacial score (nSPS) is 23.7. The molecule has 37 heavy (non-hydrogen) atoms. The molecule has 2 atom stereocenters. The Labute approximate surface area is 213 Å². The van der Waals surface area contributed by atoms with Crippen molar-refractivity contribution in [1.29, 1.82) is 0 Å². The molecule has 2 aliphatic rings. The van der Waals surface area contributed by atoms with Crippen molar-refractivity contribution in [3.63, 3.8) is 0 Å². The molecule has 2 unspecified atom stereocenters. The zero-order valence-corrected chi connectivity index (χ0v) is 20.4. The number of nitrogens with one attached hydrogen (secondary N) is 1. The maximum atomic E-state index is 14.2. The number of urea groups is 1. The molecule has 0 aromatic heterocycles. The monoisotopic (exact) mass is 510 g/mol. The third-order valence-corrected chi connectivity index (χ3v) is 7.55. The van der Waals surface area contributed by atoms with Crippen LogP contribution in [0, 0.1) is 29.3 Å². The summed E-state index contributed by atoms with van der Waals surface area (Å²) in [7, 11) is 1.98. The van der Waals surface area contributed by atoms with Crippen LogP contribution >= 0.6 is 0 Å². The highest BCUT2D eigenvalue weighted by molar-refractivity contribution is 5.89. The largest absolute Gasteiger partial charge is 0.384 e. The van der Waals surface area contributed by atoms with E-state index in [1.807, 2.05) is 37.4 Å². The van der Waals surface area contributed by atoms with Crippen molar-refractivity contribution >= 4 is 11.7 Å². The van der Waals surface area contributed by atoms with Crippen LogP contribution in [0.25, 0.3) is 11.1 Å². The summed E-state index contributed by atoms with van der Waals surface area (Å²) in [6, 6.07) is 14.8. The molecule has 9 heteroatoms. The van der Waals surface area contributed by atoms with Gasteiger partial charge in [0, 0.05) is 61.9 Å². The molecule has 2 saturated heterocycles. The summed E-state index contributed by atoms with van der Waals surface area (Å²) in [5, 5.41) is 14.6. The second kappa shape index (κ2) is 9.81. The summed E-state index contributed by atoms with van der Waals surface area (Å²) in [6.45, 7) is 1.81. The van der Waals surface area contributed by atoms with Gasteiger partial charge in [0.1, 0.15) is 23.1 Å². The van der Waals surface area contributed by atoms with Gasteiger partial charge in [0.25, 0.3) is 0 Å². The van der Waals surface area contributed by atoms with E-state index in [2.05, 4.69) is 10.2 Å². The van der Waals surface area contributed by atoms with Gasteiger partial charge in [0.15, 0.2) is 0 Å². The molecule has 5 rings (SSSR count). The highest BCUT2D eigenvalue weighted by Gasteiger charge is 2.53. The number of amides is 2. The maximum absolute atomic E-state index is 14.2. The van der Waals surface area contributed by atoms with Crippen molar-refractivity contribution < 1.29 is 23.1 Å². The van der Waals surface area contributed by atoms with E-state index >= 15 is 0 Å². The summed E-state index contributed by atoms with van der Waals surface area (Å²) >= 11 is 0. The Morgan fingerprint density at radius 3 is 2.11 bits per heavy atom. The van der Waals surface area contributed by atoms with Gasteiger partial charge in [-0.1, -0.05) is 36.4 Å². The van der Waals surface area contributed by atoms with Crippen LogP contribution in [-0.4, -0.2) is 54.2 Å². The predicted octanol–water partition coefficient (Wildman–Crippen LogP) is 4.14. The number of aliphatic hydroxyl groups is 1. The van der Waals surface area contributed by atoms with E-state index in [0.29, 0.717) is 24.2 Å². The van der Waals surface area contributed by atoms with Crippen molar-refractivity contribution in [2.75, 3.05) is 38.5 Å². The molecule has 2 amide bonds. The highest BCUT2D eigenvalue weighted by Crippen LogP contribution is 2.45. The third-order valence-electron chi connectivity index (χ3n) is 7.55. The van der Waals surface area contributed by atoms with E-state index < -0.39 is 23.3 Å². The van der Waals surface area contributed by atoms with Crippen LogP contribution in [-0.2, 0) is 12.1 Å². The van der Waals surface area contributed by atoms with Crippen LogP contribution < -0.4 is 11.1 Å². The Hall–Kier alpha value is -3.40. The molecule has 3 aromatic rings. The fraction of sp³-hybridized carbons (Fsp3) is 0.321. The molecule has 0 saturated carbocycles. The lowest BCUT2D eigenvalue weighted by Crippen LogP contribution is -2.65. The van der Waals surface area contributed by atoms with Crippen molar-refractivity contribution in [2.45, 2.75) is 12.1 Å². The molecule has 0 radical (unpaired) electrons. The number of fused-ring (bicyclic) bond motifs is 2. The number of halogens is 3. The van der Waals surface area contributed by atoms with Crippen molar-refractivity contribution in [3.05, 3.63) is 89.2 Å². The number of anilines is 1. The summed E-state index contributed by atoms with van der Waals surface area (Å²) in [4.78, 5) is 16.7. The van der Waals surface area contributed by atoms with Crippen LogP contribution in [0.15, 0.2) is 60.7 Å². The van der Waals surface area contributed by atoms with Gasteiger partial charge >= 0.3 is 6.03 Å². The van der Waals surface area contributed by atoms with E-state index in [0.717, 1.165) is 29.3 Å². The fourth-order valence-corrected chi connectivity index (χ4v) is 5.73. The van der Waals surface area contributed by atoms with Gasteiger partial charge in [-0.3, -0.25) is 0 Å². The van der Waals surface area contributed by atoms with E-state index in [1.165, 1.54) is 6.07 Å². The molecule has 3 aromatic carbocycles. The van der Waals surface area contributed by atoms with Crippen LogP contribution in [0.5, 0.6) is 0 Å². The number of piperidine rings is 2. The second-order valence-corrected chi connectivity index (χ2v) is 10.0. The van der Waals surface area contributed by atoms with Gasteiger partial charge in [-0.05, 0) is 41.9 Å². The SMILES string of the molecule is CN1CC2CN(C(=O)Nc3cc(F)cc(F)c3)CC(C1)C2(O)c1ccc(-c2ccc(CN)c(F)c2)cc1. The van der Waals surface area contributed by atoms with Gasteiger partial charge in [0.2, 0.25) is 0 Å². The Kier molecular flexibility index (Phi) is 6.70. The zero-order chi connectivity index (χ0) is 26.3. The maximum Gasteiger partial charge on any atom is 0.321 e. The number of nitrogens with zero attached hydrogens (tertiary/aromatic N) is 2. The highest BCUT2D eigenvalue weighted by atomic mass is 19.1. The fourth-order valence-electron chi connectivity index (χ4n) is 5.73. The molecular weight excluding hydrogens is 481 g/mol. The lowest BCUT2D eigenvalue weighted by atomic mass is 9.66. The molecule has 6 nitrogen and oxygen atoms in total. The lowest BCUT2D eigenvalue weighted by Gasteiger charge is -2.55. The number of rotatable bonds is 4. The zero-order valence-electron chi connectivity index (χ0n) is 20.4. The van der Waals surface area contributed by atoms with Crippen LogP contribution in [0.1, 0.15) is 11.1 Å². The number of benzene rings is 3. The summed E-state index contributed by atoms with van der Waals surface area (Å²) in [5.74, 6) is -2.47. The minimum absolute atomic E-state index is 0.0390. The average molecular weight is 511 g/mol. The van der Waals surface area contributed by atoms with Crippen LogP contribution in [0.3, 0.4) is 0 Å². The van der Waals surface area contributed by atoms with E-state index in [4.69, 9.17) is 5.73 Å². The molecule has 2 heterocycles. The van der Waals surface area contributed by atoms with E-state index in [-0.39, 0.29) is 43.0 Å². The van der Waals surface area contributed by atoms with Crippen LogP contribution in [0.4, 0.5) is 23.7 Å². The first-order chi connectivity index (χ1) is 17.7. The summed E-state index contributed by atoms with van der Waals surface area (Å²) < 4.78 is 41.4. The van der Waals surface area contributed by atoms with E-state index in [1.54, 1.807) is 11.0 Å². The van der Waals surface area contributed by atoms with Gasteiger partial charge in [-0.2, -0.15) is 0 Å². The van der Waals surface area contributed by atoms with Crippen molar-refractivity contribution in [1.82, 2.24) is 9.80 Å². The summed E-state index contributed by atoms with van der Waals surface area (Å²) in [6.07, 6.45) is 0. The molecule has 2 aliphatic heterocycles. The number of carbonyl (C=O) groups is 1. The Bertz CT molecular complexity index is 1280. The first-order valence-corrected chi connectivity index (χ1v) is 12.2. The van der Waals surface area contributed by atoms with Gasteiger partial charge in [-0.15, -0.1) is 0 Å². The number of hydrogen-bond acceptors (Lipinski definition) is 4. The molecular formula is C28H29F3N4O2. The molecule has 194 valence electrons. The van der Waals surface area contributed by atoms with Crippen LogP contribution in [0.2, 0.25) is 0 Å². The first-order valence-electron chi connectivity index (χ1n) is 12.2. The third kappa shape index (κ3) is 4.82. The summed E-state index contributed by atoms with van der Waals surface area (Å²) in [5.41, 5.74) is 7.16. The number of carbonyl (C=O) groups excluding carboxylic acids is 1. The number of likely N-dealkylation sites (tertiary alicyclic amines) is 2. The number of nitrogens with two attached hydrogens (primary N) is 1. The van der Waals surface area contributed by atoms with Gasteiger partial charge in [0.05, 0.1) is 0 Å². The minimum atomic E-state index is -1.17. The molecule has 2 bridgehead atoms. The quantitative estimate of drug-likeness (QED) is 0.493. The Morgan fingerprint density at radius 1 is 0.946 bits per heavy atom. The molecule has 0 aliphatic carbocycles. The second-order valence-electron chi connectivity index (χ2n) is 10.0. The Morgan fingerprint density at radius 2 is 1.54 bits per heavy atom. The number of hydrogen-bond donors (Lipinski definition) is 3. The standard InChI is InChI=1S/C28H29F3N4O2/c1-34-13-21-15-35(27(36)33-25-10-23(29)9-24(30)11-25)16-22(14-34)28(21,37)20-6-4-17(5-7-20)18-2-3-19(12-32)26(31)8-18/h2-11,21-22,37H,12-16,32H2,1H3,(H,33,36). The minimum Gasteiger partial charge on any atom is -0.384 e. The topological polar surface area (TPSA) is 81.8 Å². The van der Waals surface area contributed by atoms with E-state index in [9.17, 15) is 23.1 Å². The van der Waals surface area contributed by atoms with Gasteiger partial charge in [-0.25, -0.2) is 18.0 Å². The Balaban J connectivity index is 1.37. The molecule has 2 fully saturated rings. The average Bonchev–Trinajstić information content (AvgIpc) is 2.84. The van der Waals surface area contributed by atoms with Crippen molar-refractivity contribution in [2.24, 2.45) is 17.6 Å². The van der Waals surface area contributed by atoms with Crippen molar-refractivity contribution in [3.8, 4) is 11.1 Å². The van der Waals surface area contributed by atoms with Gasteiger partial charge < -0.3 is 26.0 Å². The molecule has 4 N–H and O–H groups in total. The smallest absolute Gasteiger partial charge is 0.321 e. The molecule has 0 spiro atoms.